The van der Waals surface area contributed by atoms with E-state index in [-0.39, 0.29) is 45.9 Å². The number of nitrogens with zero attached hydrogens (tertiary/aromatic N) is 4. The zero-order valence-electron chi connectivity index (χ0n) is 83.2. The van der Waals surface area contributed by atoms with Crippen molar-refractivity contribution < 1.29 is 0 Å². The molecule has 1 atom stereocenters. The molecule has 18 aromatic carbocycles. The van der Waals surface area contributed by atoms with Crippen molar-refractivity contribution in [3.63, 3.8) is 0 Å². The first-order valence-corrected chi connectivity index (χ1v) is 50.0. The van der Waals surface area contributed by atoms with Gasteiger partial charge in [0.05, 0.1) is 0 Å². The van der Waals surface area contributed by atoms with Crippen LogP contribution >= 0.6 is 0 Å². The minimum atomic E-state index is -0.436. The smallest absolute Gasteiger partial charge is 0.252 e. The van der Waals surface area contributed by atoms with Crippen LogP contribution in [0.1, 0.15) is 204 Å². The third-order valence-electron chi connectivity index (χ3n) is 33.0. The van der Waals surface area contributed by atoms with Gasteiger partial charge in [-0.25, -0.2) is 0 Å². The summed E-state index contributed by atoms with van der Waals surface area (Å²) in [5, 5.41) is 0. The summed E-state index contributed by atoms with van der Waals surface area (Å²) in [4.78, 5) is 10.3. The summed E-state index contributed by atoms with van der Waals surface area (Å²) in [5.74, 6) is 0. The van der Waals surface area contributed by atoms with Crippen LogP contribution in [0, 0.1) is 6.92 Å². The topological polar surface area (TPSA) is 13.0 Å². The summed E-state index contributed by atoms with van der Waals surface area (Å²) in [7, 11) is 0. The van der Waals surface area contributed by atoms with Gasteiger partial charge in [-0.05, 0) is 243 Å². The lowest BCUT2D eigenvalue weighted by molar-refractivity contribution is 0.566. The Balaban J connectivity index is 0.646. The van der Waals surface area contributed by atoms with Gasteiger partial charge in [0.2, 0.25) is 0 Å². The van der Waals surface area contributed by atoms with E-state index in [0.29, 0.717) is 0 Å². The average Bonchev–Trinajstić information content (AvgIpc) is 0.695. The molecule has 0 radical (unpaired) electrons. The second kappa shape index (κ2) is 34.2. The van der Waals surface area contributed by atoms with E-state index in [9.17, 15) is 0 Å². The third-order valence-corrected chi connectivity index (χ3v) is 33.0. The maximum absolute atomic E-state index is 2.60. The van der Waals surface area contributed by atoms with Crippen molar-refractivity contribution >= 4 is 114 Å². The highest BCUT2D eigenvalue weighted by Gasteiger charge is 2.49. The van der Waals surface area contributed by atoms with Gasteiger partial charge in [-0.2, -0.15) is 0 Å². The van der Waals surface area contributed by atoms with Gasteiger partial charge in [0.1, 0.15) is 0 Å². The summed E-state index contributed by atoms with van der Waals surface area (Å²) in [6, 6.07) is 167. The fourth-order valence-corrected chi connectivity index (χ4v) is 23.7. The van der Waals surface area contributed by atoms with Crippen molar-refractivity contribution in [2.24, 2.45) is 0 Å². The molecular weight excluding hydrogens is 1680 g/mol. The maximum Gasteiger partial charge on any atom is 0.252 e. The van der Waals surface area contributed by atoms with E-state index in [1.54, 1.807) is 0 Å². The molecule has 0 fully saturated rings. The molecule has 0 saturated heterocycles. The zero-order valence-corrected chi connectivity index (χ0v) is 83.2. The summed E-state index contributed by atoms with van der Waals surface area (Å²) in [5.41, 5.74) is 42.2. The second-order valence-electron chi connectivity index (χ2n) is 43.6. The van der Waals surface area contributed by atoms with Crippen LogP contribution in [-0.4, -0.2) is 13.4 Å². The van der Waals surface area contributed by atoms with Crippen LogP contribution in [0.3, 0.4) is 0 Å². The minimum Gasteiger partial charge on any atom is -0.311 e. The monoisotopic (exact) mass is 1800 g/mol. The van der Waals surface area contributed by atoms with E-state index in [1.165, 1.54) is 178 Å². The number of benzene rings is 18. The SMILES string of the molecule is Cc1cc2c3c(c1)N(c1ccc(C(C)(C)c4ccccc4)cc1)c1ccc(C(C)(C)c4ccc(CC(C)(c5ccccc5)c5ccc(N6c7ccc(C(C)(C)c8ccccc8)cc7B7c8cc(C(C)(C)c9ccccc9)ccc8N(c8ccc(C(C)(C)c9ccccc9)cc8)c8cccc6c87)cc5)cc4)cc1B3c1cc(C(C)(C)c3ccccc3)ccc1N2c1ccc(C(C)(C)c2ccccc2)cc1. The standard InChI is InChI=1S/C133H122B2N4/c1-90-83-122-125-123(84-90)139(111-75-63-101(64-76-111)128(6,7)94-43-28-19-29-44-94)119-82-70-107(88-115(119)135(125)114-87-106(131(12,13)97-49-34-22-35-50-97)69-81-118(114)138(122)110-73-61-100(62-74-110)127(4,5)93-41-26-18-27-42-93)132(14,15)98-57-55-91(56-58-98)89-133(16,102-51-36-23-37-52-102)103-65-77-109(78-66-103)137-117-80-68-105(130(10,11)96-47-32-21-33-48-96)86-113(117)134-112-85-104(129(8,9)95-45-30-20-31-46-95)67-79-116(112)136(120-53-38-54-121(137)124(120)134)108-71-59-99(60-72-108)126(2,3)92-39-24-17-25-40-92/h17-88H,89H2,1-16H3. The van der Waals surface area contributed by atoms with Gasteiger partial charge in [0.15, 0.2) is 0 Å². The summed E-state index contributed by atoms with van der Waals surface area (Å²) in [6.45, 7) is 37.8. The number of fused-ring (bicyclic) bond motifs is 8. The molecule has 0 aliphatic carbocycles. The quantitative estimate of drug-likeness (QED) is 0.0627. The molecule has 4 heterocycles. The summed E-state index contributed by atoms with van der Waals surface area (Å²) >= 11 is 0. The molecule has 139 heavy (non-hydrogen) atoms. The van der Waals surface area contributed by atoms with Crippen molar-refractivity contribution in [1.29, 1.82) is 0 Å². The van der Waals surface area contributed by atoms with Crippen LogP contribution in [0.4, 0.5) is 68.2 Å². The molecule has 0 spiro atoms. The Morgan fingerprint density at radius 1 is 0.173 bits per heavy atom. The van der Waals surface area contributed by atoms with E-state index in [0.717, 1.165) is 29.2 Å². The van der Waals surface area contributed by atoms with Crippen LogP contribution in [0.15, 0.2) is 437 Å². The molecule has 4 nitrogen and oxygen atoms in total. The Morgan fingerprint density at radius 2 is 0.367 bits per heavy atom. The van der Waals surface area contributed by atoms with Gasteiger partial charge < -0.3 is 19.6 Å². The number of hydrogen-bond donors (Lipinski definition) is 0. The molecule has 4 aliphatic heterocycles. The van der Waals surface area contributed by atoms with Crippen LogP contribution in [0.25, 0.3) is 0 Å². The van der Waals surface area contributed by atoms with Crippen LogP contribution in [0.5, 0.6) is 0 Å². The van der Waals surface area contributed by atoms with Crippen LogP contribution < -0.4 is 52.4 Å². The highest BCUT2D eigenvalue weighted by atomic mass is 15.2. The molecule has 680 valence electrons. The van der Waals surface area contributed by atoms with Crippen molar-refractivity contribution in [2.45, 2.75) is 161 Å². The van der Waals surface area contributed by atoms with Crippen molar-refractivity contribution in [3.05, 3.63) is 537 Å². The molecule has 0 N–H and O–H groups in total. The second-order valence-corrected chi connectivity index (χ2v) is 43.6. The Bertz CT molecular complexity index is 7630. The Labute approximate surface area is 825 Å². The van der Waals surface area contributed by atoms with Gasteiger partial charge >= 0.3 is 0 Å². The highest BCUT2D eigenvalue weighted by molar-refractivity contribution is 7.01. The normalized spacial score (nSPS) is 13.9. The van der Waals surface area contributed by atoms with E-state index in [4.69, 9.17) is 0 Å². The molecule has 0 saturated carbocycles. The highest BCUT2D eigenvalue weighted by Crippen LogP contribution is 2.52. The van der Waals surface area contributed by atoms with Gasteiger partial charge in [-0.1, -0.05) is 444 Å². The lowest BCUT2D eigenvalue weighted by atomic mass is 9.33. The van der Waals surface area contributed by atoms with Gasteiger partial charge in [0, 0.05) is 112 Å². The predicted molar refractivity (Wildman–Crippen MR) is 592 cm³/mol. The lowest BCUT2D eigenvalue weighted by Gasteiger charge is -2.45. The summed E-state index contributed by atoms with van der Waals surface area (Å²) in [6.07, 6.45) is 0.776. The Morgan fingerprint density at radius 3 is 0.626 bits per heavy atom. The molecule has 18 aromatic rings. The van der Waals surface area contributed by atoms with Crippen LogP contribution in [-0.2, 0) is 49.7 Å². The molecular formula is C133H122B2N4. The molecule has 0 aromatic heterocycles. The largest absolute Gasteiger partial charge is 0.311 e. The van der Waals surface area contributed by atoms with E-state index in [1.807, 2.05) is 0 Å². The molecule has 0 amide bonds. The fourth-order valence-electron chi connectivity index (χ4n) is 23.7. The fraction of sp³-hybridized carbons (Fsp3) is 0.188. The Kier molecular flexibility index (Phi) is 22.0. The van der Waals surface area contributed by atoms with Gasteiger partial charge in [0.25, 0.3) is 13.4 Å². The molecule has 6 heteroatoms. The van der Waals surface area contributed by atoms with Gasteiger partial charge in [-0.15, -0.1) is 0 Å². The number of anilines is 12. The molecule has 1 unspecified atom stereocenters. The third kappa shape index (κ3) is 15.1. The number of aryl methyl sites for hydroxylation is 1. The first-order valence-electron chi connectivity index (χ1n) is 50.0. The van der Waals surface area contributed by atoms with Crippen molar-refractivity contribution in [2.75, 3.05) is 19.6 Å². The number of rotatable bonds is 22. The maximum atomic E-state index is 2.60. The van der Waals surface area contributed by atoms with E-state index < -0.39 is 10.8 Å². The first-order chi connectivity index (χ1) is 67.0. The average molecular weight is 1800 g/mol. The van der Waals surface area contributed by atoms with Crippen LogP contribution in [0.2, 0.25) is 0 Å². The van der Waals surface area contributed by atoms with E-state index >= 15 is 0 Å². The molecule has 22 rings (SSSR count). The van der Waals surface area contributed by atoms with Crippen molar-refractivity contribution in [1.82, 2.24) is 0 Å². The first kappa shape index (κ1) is 89.5. The number of hydrogen-bond acceptors (Lipinski definition) is 4. The Hall–Kier alpha value is -14.7. The van der Waals surface area contributed by atoms with Crippen molar-refractivity contribution in [3.8, 4) is 0 Å². The zero-order chi connectivity index (χ0) is 95.9. The molecule has 4 aliphatic rings. The van der Waals surface area contributed by atoms with Gasteiger partial charge in [-0.3, -0.25) is 0 Å². The molecule has 0 bridgehead atoms. The minimum absolute atomic E-state index is 0.108. The summed E-state index contributed by atoms with van der Waals surface area (Å²) < 4.78 is 0. The van der Waals surface area contributed by atoms with E-state index in [2.05, 4.69) is 567 Å². The lowest BCUT2D eigenvalue weighted by Crippen LogP contribution is -2.61. The predicted octanol–water partition coefficient (Wildman–Crippen LogP) is 30.0.